The van der Waals surface area contributed by atoms with Gasteiger partial charge in [0.05, 0.1) is 16.5 Å². The Kier molecular flexibility index (Phi) is 4.71. The number of pyridine rings is 1. The van der Waals surface area contributed by atoms with E-state index < -0.39 is 0 Å². The van der Waals surface area contributed by atoms with Gasteiger partial charge in [-0.25, -0.2) is 4.98 Å². The minimum Gasteiger partial charge on any atom is -0.294 e. The van der Waals surface area contributed by atoms with Crippen LogP contribution in [0.15, 0.2) is 59.5 Å². The fraction of sp³-hybridized carbons (Fsp3) is 0.261. The Morgan fingerprint density at radius 1 is 1.00 bits per heavy atom. The summed E-state index contributed by atoms with van der Waals surface area (Å²) in [7, 11) is 0. The Hall–Kier alpha value is -3.01. The van der Waals surface area contributed by atoms with Gasteiger partial charge in [-0.3, -0.25) is 14.0 Å². The first-order chi connectivity index (χ1) is 13.2. The van der Waals surface area contributed by atoms with Crippen LogP contribution in [0, 0.1) is 0 Å². The average molecular weight is 358 g/mol. The van der Waals surface area contributed by atoms with Gasteiger partial charge < -0.3 is 0 Å². The van der Waals surface area contributed by atoms with Gasteiger partial charge in [0.1, 0.15) is 0 Å². The Morgan fingerprint density at radius 2 is 1.78 bits per heavy atom. The monoisotopic (exact) mass is 358 g/mol. The lowest BCUT2D eigenvalue weighted by molar-refractivity contribution is 0.0980. The van der Waals surface area contributed by atoms with E-state index in [0.29, 0.717) is 28.5 Å². The van der Waals surface area contributed by atoms with Gasteiger partial charge in [-0.1, -0.05) is 50.5 Å². The first-order valence-electron chi connectivity index (χ1n) is 9.56. The number of rotatable bonds is 6. The predicted octanol–water partition coefficient (Wildman–Crippen LogP) is 5.15. The van der Waals surface area contributed by atoms with Crippen molar-refractivity contribution >= 4 is 33.1 Å². The van der Waals surface area contributed by atoms with Crippen molar-refractivity contribution in [3.05, 3.63) is 70.6 Å². The Bertz CT molecular complexity index is 1210. The number of nitrogens with zero attached hydrogens (tertiary/aromatic N) is 2. The average Bonchev–Trinajstić information content (AvgIpc) is 2.70. The van der Waals surface area contributed by atoms with Crippen LogP contribution in [0.1, 0.15) is 49.4 Å². The second-order valence-corrected chi connectivity index (χ2v) is 6.98. The van der Waals surface area contributed by atoms with E-state index in [2.05, 4.69) is 6.92 Å². The minimum atomic E-state index is -0.138. The lowest BCUT2D eigenvalue weighted by Gasteiger charge is -2.09. The number of Topliss-reactive ketones (excluding diaryl/α,β-unsaturated/α-hetero) is 1. The fourth-order valence-electron chi connectivity index (χ4n) is 3.58. The zero-order valence-corrected chi connectivity index (χ0v) is 15.4. The van der Waals surface area contributed by atoms with Crippen molar-refractivity contribution in [3.63, 3.8) is 0 Å². The zero-order valence-electron chi connectivity index (χ0n) is 15.4. The van der Waals surface area contributed by atoms with Crippen LogP contribution in [0.2, 0.25) is 0 Å². The molecule has 4 aromatic rings. The van der Waals surface area contributed by atoms with Crippen LogP contribution >= 0.6 is 0 Å². The molecule has 0 unspecified atom stereocenters. The number of carbonyl (C=O) groups is 1. The smallest absolute Gasteiger partial charge is 0.265 e. The maximum atomic E-state index is 13.0. The molecular formula is C23H22N2O2. The second-order valence-electron chi connectivity index (χ2n) is 6.98. The van der Waals surface area contributed by atoms with Gasteiger partial charge in [0.15, 0.2) is 11.4 Å². The molecule has 0 amide bonds. The molecule has 0 saturated carbocycles. The molecule has 0 aliphatic rings. The van der Waals surface area contributed by atoms with Gasteiger partial charge in [-0.15, -0.1) is 0 Å². The molecule has 27 heavy (non-hydrogen) atoms. The summed E-state index contributed by atoms with van der Waals surface area (Å²) in [6, 6.07) is 15.2. The van der Waals surface area contributed by atoms with Gasteiger partial charge >= 0.3 is 0 Å². The summed E-state index contributed by atoms with van der Waals surface area (Å²) in [6.07, 6.45) is 6.38. The molecule has 0 aliphatic carbocycles. The molecular weight excluding hydrogens is 336 g/mol. The first kappa shape index (κ1) is 17.4. The Labute approximate surface area is 157 Å². The van der Waals surface area contributed by atoms with Crippen LogP contribution in [0.3, 0.4) is 0 Å². The fourth-order valence-corrected chi connectivity index (χ4v) is 3.58. The van der Waals surface area contributed by atoms with Gasteiger partial charge in [-0.2, -0.15) is 0 Å². The number of hydrogen-bond donors (Lipinski definition) is 0. The number of unbranched alkanes of at least 4 members (excludes halogenated alkanes) is 3. The van der Waals surface area contributed by atoms with Crippen LogP contribution in [-0.2, 0) is 0 Å². The third-order valence-electron chi connectivity index (χ3n) is 5.06. The van der Waals surface area contributed by atoms with Crippen LogP contribution < -0.4 is 5.56 Å². The first-order valence-corrected chi connectivity index (χ1v) is 9.56. The lowest BCUT2D eigenvalue weighted by Crippen LogP contribution is -2.17. The standard InChI is InChI=1S/C23H22N2O2/c1-2-3-4-5-12-21(26)18-11-8-13-25-22(18)24-20-15-17-10-7-6-9-16(17)14-19(20)23(25)27/h6-11,13-15H,2-5,12H2,1H3. The topological polar surface area (TPSA) is 51.4 Å². The maximum absolute atomic E-state index is 13.0. The molecule has 4 rings (SSSR count). The molecule has 2 heterocycles. The van der Waals surface area contributed by atoms with E-state index in [-0.39, 0.29) is 11.3 Å². The number of hydrogen-bond acceptors (Lipinski definition) is 3. The molecule has 2 aromatic carbocycles. The van der Waals surface area contributed by atoms with Gasteiger partial charge in [0.25, 0.3) is 5.56 Å². The highest BCUT2D eigenvalue weighted by atomic mass is 16.1. The summed E-state index contributed by atoms with van der Waals surface area (Å²) < 4.78 is 1.50. The molecule has 4 nitrogen and oxygen atoms in total. The number of ketones is 1. The van der Waals surface area contributed by atoms with E-state index in [1.54, 1.807) is 18.3 Å². The van der Waals surface area contributed by atoms with E-state index in [0.717, 1.165) is 36.5 Å². The molecule has 0 radical (unpaired) electrons. The molecule has 0 fully saturated rings. The summed E-state index contributed by atoms with van der Waals surface area (Å²) in [5.41, 5.74) is 1.47. The minimum absolute atomic E-state index is 0.0521. The summed E-state index contributed by atoms with van der Waals surface area (Å²) in [6.45, 7) is 2.15. The van der Waals surface area contributed by atoms with E-state index >= 15 is 0 Å². The summed E-state index contributed by atoms with van der Waals surface area (Å²) >= 11 is 0. The Balaban J connectivity index is 1.85. The Morgan fingerprint density at radius 3 is 2.56 bits per heavy atom. The largest absolute Gasteiger partial charge is 0.294 e. The molecule has 0 spiro atoms. The van der Waals surface area contributed by atoms with E-state index in [4.69, 9.17) is 4.98 Å². The second kappa shape index (κ2) is 7.31. The van der Waals surface area contributed by atoms with E-state index in [1.165, 1.54) is 4.40 Å². The van der Waals surface area contributed by atoms with Gasteiger partial charge in [0.2, 0.25) is 0 Å². The van der Waals surface area contributed by atoms with Crippen LogP contribution in [-0.4, -0.2) is 15.2 Å². The van der Waals surface area contributed by atoms with Crippen molar-refractivity contribution in [1.82, 2.24) is 9.38 Å². The van der Waals surface area contributed by atoms with Crippen molar-refractivity contribution in [1.29, 1.82) is 0 Å². The highest BCUT2D eigenvalue weighted by molar-refractivity contribution is 6.03. The zero-order chi connectivity index (χ0) is 18.8. The molecule has 0 bridgehead atoms. The summed E-state index contributed by atoms with van der Waals surface area (Å²) in [5, 5.41) is 2.61. The summed E-state index contributed by atoms with van der Waals surface area (Å²) in [5.74, 6) is 0.0521. The lowest BCUT2D eigenvalue weighted by atomic mass is 10.0. The molecule has 2 aromatic heterocycles. The normalized spacial score (nSPS) is 11.4. The molecule has 0 saturated heterocycles. The van der Waals surface area contributed by atoms with Crippen molar-refractivity contribution in [2.45, 2.75) is 39.0 Å². The number of fused-ring (bicyclic) bond motifs is 3. The third kappa shape index (κ3) is 3.23. The van der Waals surface area contributed by atoms with Crippen molar-refractivity contribution in [3.8, 4) is 0 Å². The highest BCUT2D eigenvalue weighted by Gasteiger charge is 2.14. The van der Waals surface area contributed by atoms with Crippen molar-refractivity contribution in [2.75, 3.05) is 0 Å². The van der Waals surface area contributed by atoms with Crippen molar-refractivity contribution in [2.24, 2.45) is 0 Å². The summed E-state index contributed by atoms with van der Waals surface area (Å²) in [4.78, 5) is 30.4. The van der Waals surface area contributed by atoms with Gasteiger partial charge in [0, 0.05) is 12.6 Å². The quantitative estimate of drug-likeness (QED) is 0.272. The molecule has 0 N–H and O–H groups in total. The van der Waals surface area contributed by atoms with Gasteiger partial charge in [-0.05, 0) is 41.5 Å². The predicted molar refractivity (Wildman–Crippen MR) is 110 cm³/mol. The van der Waals surface area contributed by atoms with E-state index in [9.17, 15) is 9.59 Å². The molecule has 0 atom stereocenters. The highest BCUT2D eigenvalue weighted by Crippen LogP contribution is 2.21. The number of benzene rings is 2. The van der Waals surface area contributed by atoms with Crippen LogP contribution in [0.25, 0.3) is 27.3 Å². The maximum Gasteiger partial charge on any atom is 0.265 e. The SMILES string of the molecule is CCCCCCC(=O)c1cccn2c(=O)c3cc4ccccc4cc3nc12. The third-order valence-corrected chi connectivity index (χ3v) is 5.06. The van der Waals surface area contributed by atoms with Crippen LogP contribution in [0.5, 0.6) is 0 Å². The van der Waals surface area contributed by atoms with E-state index in [1.807, 2.05) is 36.4 Å². The van der Waals surface area contributed by atoms with Crippen molar-refractivity contribution < 1.29 is 4.79 Å². The van der Waals surface area contributed by atoms with Crippen LogP contribution in [0.4, 0.5) is 0 Å². The number of carbonyl (C=O) groups excluding carboxylic acids is 1. The molecule has 4 heteroatoms. The molecule has 136 valence electrons. The molecule has 0 aliphatic heterocycles. The number of aromatic nitrogens is 2.